The van der Waals surface area contributed by atoms with E-state index < -0.39 is 33.7 Å². The average Bonchev–Trinajstić information content (AvgIpc) is 2.86. The van der Waals surface area contributed by atoms with E-state index in [0.717, 1.165) is 5.56 Å². The number of sulfone groups is 1. The number of amides is 2. The van der Waals surface area contributed by atoms with E-state index in [4.69, 9.17) is 0 Å². The first kappa shape index (κ1) is 21.3. The zero-order valence-electron chi connectivity index (χ0n) is 16.6. The first-order chi connectivity index (χ1) is 15.3. The van der Waals surface area contributed by atoms with Crippen LogP contribution < -0.4 is 10.6 Å². The molecule has 8 nitrogen and oxygen atoms in total. The largest absolute Gasteiger partial charge is 0.480 e. The molecule has 2 amide bonds. The molecule has 3 aromatic carbocycles. The molecule has 1 atom stereocenters. The van der Waals surface area contributed by atoms with Gasteiger partial charge in [0.2, 0.25) is 9.84 Å². The van der Waals surface area contributed by atoms with Crippen molar-refractivity contribution in [2.45, 2.75) is 22.3 Å². The lowest BCUT2D eigenvalue weighted by Gasteiger charge is -2.15. The van der Waals surface area contributed by atoms with Gasteiger partial charge < -0.3 is 15.7 Å². The van der Waals surface area contributed by atoms with Crippen LogP contribution in [-0.2, 0) is 21.1 Å². The number of hydrogen-bond acceptors (Lipinski definition) is 5. The van der Waals surface area contributed by atoms with Crippen LogP contribution in [0.25, 0.3) is 0 Å². The Hall–Kier alpha value is -3.98. The number of rotatable bonds is 5. The van der Waals surface area contributed by atoms with Crippen LogP contribution in [0.2, 0.25) is 0 Å². The monoisotopic (exact) mass is 450 g/mol. The average molecular weight is 450 g/mol. The van der Waals surface area contributed by atoms with E-state index in [-0.39, 0.29) is 33.0 Å². The summed E-state index contributed by atoms with van der Waals surface area (Å²) in [5, 5.41) is 14.5. The molecule has 162 valence electrons. The van der Waals surface area contributed by atoms with Crippen LogP contribution in [0.4, 0.5) is 5.69 Å². The summed E-state index contributed by atoms with van der Waals surface area (Å²) < 4.78 is 26.1. The minimum Gasteiger partial charge on any atom is -0.480 e. The fourth-order valence-electron chi connectivity index (χ4n) is 3.49. The van der Waals surface area contributed by atoms with Crippen molar-refractivity contribution in [3.63, 3.8) is 0 Å². The predicted molar refractivity (Wildman–Crippen MR) is 115 cm³/mol. The highest BCUT2D eigenvalue weighted by Gasteiger charge is 2.31. The zero-order chi connectivity index (χ0) is 22.9. The van der Waals surface area contributed by atoms with E-state index in [0.29, 0.717) is 0 Å². The van der Waals surface area contributed by atoms with Crippen LogP contribution in [0.5, 0.6) is 0 Å². The third-order valence-corrected chi connectivity index (χ3v) is 6.96. The minimum atomic E-state index is -4.00. The first-order valence-electron chi connectivity index (χ1n) is 9.64. The summed E-state index contributed by atoms with van der Waals surface area (Å²) in [5.74, 6) is -2.53. The third-order valence-electron chi connectivity index (χ3n) is 5.09. The molecule has 32 heavy (non-hydrogen) atoms. The van der Waals surface area contributed by atoms with E-state index in [1.165, 1.54) is 36.4 Å². The number of anilines is 1. The molecular weight excluding hydrogens is 432 g/mol. The van der Waals surface area contributed by atoms with Crippen LogP contribution in [0.3, 0.4) is 0 Å². The van der Waals surface area contributed by atoms with Crippen LogP contribution in [0.1, 0.15) is 26.3 Å². The summed E-state index contributed by atoms with van der Waals surface area (Å²) >= 11 is 0. The standard InChI is InChI=1S/C23H18N2O6S/c26-21(25-18(23(28)29)12-14-6-2-1-3-7-14)15-10-11-20-17(13-15)24-22(27)16-8-4-5-9-19(16)32(20,30)31/h1-11,13,18H,12H2,(H,24,27)(H,25,26)(H,28,29). The Bertz CT molecular complexity index is 1340. The van der Waals surface area contributed by atoms with Crippen molar-refractivity contribution in [1.29, 1.82) is 0 Å². The molecule has 3 N–H and O–H groups in total. The van der Waals surface area contributed by atoms with Crippen molar-refractivity contribution in [3.05, 3.63) is 89.5 Å². The molecule has 0 fully saturated rings. The van der Waals surface area contributed by atoms with Gasteiger partial charge in [-0.3, -0.25) is 9.59 Å². The fourth-order valence-corrected chi connectivity index (χ4v) is 5.08. The van der Waals surface area contributed by atoms with Crippen LogP contribution in [-0.4, -0.2) is 37.3 Å². The number of fused-ring (bicyclic) bond motifs is 2. The second kappa shape index (κ2) is 8.27. The Morgan fingerprint density at radius 1 is 0.938 bits per heavy atom. The van der Waals surface area contributed by atoms with Crippen LogP contribution in [0.15, 0.2) is 82.6 Å². The van der Waals surface area contributed by atoms with Crippen LogP contribution in [0, 0.1) is 0 Å². The molecule has 1 aliphatic heterocycles. The number of hydrogen-bond donors (Lipinski definition) is 3. The first-order valence-corrected chi connectivity index (χ1v) is 11.1. The molecular formula is C23H18N2O6S. The molecule has 0 bridgehead atoms. The Labute approximate surface area is 183 Å². The minimum absolute atomic E-state index is 0.00324. The molecule has 1 unspecified atom stereocenters. The van der Waals surface area contributed by atoms with E-state index in [1.54, 1.807) is 36.4 Å². The summed E-state index contributed by atoms with van der Waals surface area (Å²) in [6.07, 6.45) is 0.0767. The Balaban J connectivity index is 1.64. The number of carboxylic acid groups (broad SMARTS) is 1. The van der Waals surface area contributed by atoms with Gasteiger partial charge in [0, 0.05) is 12.0 Å². The molecule has 0 saturated carbocycles. The highest BCUT2D eigenvalue weighted by molar-refractivity contribution is 7.91. The Kier molecular flexibility index (Phi) is 5.50. The number of carboxylic acids is 1. The lowest BCUT2D eigenvalue weighted by Crippen LogP contribution is -2.42. The van der Waals surface area contributed by atoms with Gasteiger partial charge in [0.05, 0.1) is 21.0 Å². The van der Waals surface area contributed by atoms with Crippen molar-refractivity contribution >= 4 is 33.3 Å². The number of nitrogens with one attached hydrogen (secondary N) is 2. The fraction of sp³-hybridized carbons (Fsp3) is 0.0870. The molecule has 0 aromatic heterocycles. The molecule has 0 radical (unpaired) electrons. The van der Waals surface area contributed by atoms with Crippen molar-refractivity contribution in [1.82, 2.24) is 5.32 Å². The SMILES string of the molecule is O=C(NC(Cc1ccccc1)C(=O)O)c1ccc2c(c1)NC(=O)c1ccccc1S2(=O)=O. The maximum Gasteiger partial charge on any atom is 0.326 e. The quantitative estimate of drug-likeness (QED) is 0.548. The lowest BCUT2D eigenvalue weighted by molar-refractivity contribution is -0.139. The zero-order valence-corrected chi connectivity index (χ0v) is 17.4. The smallest absolute Gasteiger partial charge is 0.326 e. The van der Waals surface area contributed by atoms with Gasteiger partial charge >= 0.3 is 5.97 Å². The van der Waals surface area contributed by atoms with Crippen molar-refractivity contribution in [2.75, 3.05) is 5.32 Å². The summed E-state index contributed by atoms with van der Waals surface area (Å²) in [5.41, 5.74) is 0.708. The maximum atomic E-state index is 13.0. The van der Waals surface area contributed by atoms with Gasteiger partial charge in [0.25, 0.3) is 11.8 Å². The number of benzene rings is 3. The van der Waals surface area contributed by atoms with E-state index >= 15 is 0 Å². The van der Waals surface area contributed by atoms with Gasteiger partial charge in [-0.25, -0.2) is 13.2 Å². The molecule has 0 saturated heterocycles. The van der Waals surface area contributed by atoms with E-state index in [2.05, 4.69) is 10.6 Å². The Morgan fingerprint density at radius 3 is 2.34 bits per heavy atom. The molecule has 1 heterocycles. The third kappa shape index (κ3) is 3.97. The number of carbonyl (C=O) groups is 3. The summed E-state index contributed by atoms with van der Waals surface area (Å²) in [6, 6.07) is 17.2. The van der Waals surface area contributed by atoms with Crippen LogP contribution >= 0.6 is 0 Å². The Morgan fingerprint density at radius 2 is 1.62 bits per heavy atom. The van der Waals surface area contributed by atoms with E-state index in [1.807, 2.05) is 0 Å². The molecule has 1 aliphatic rings. The van der Waals surface area contributed by atoms with Gasteiger partial charge in [-0.05, 0) is 35.9 Å². The maximum absolute atomic E-state index is 13.0. The normalized spacial score (nSPS) is 14.8. The summed E-state index contributed by atoms with van der Waals surface area (Å²) in [4.78, 5) is 36.7. The molecule has 0 spiro atoms. The second-order valence-electron chi connectivity index (χ2n) is 7.22. The van der Waals surface area contributed by atoms with Gasteiger partial charge in [-0.1, -0.05) is 42.5 Å². The summed E-state index contributed by atoms with van der Waals surface area (Å²) in [7, 11) is -4.00. The molecule has 3 aromatic rings. The van der Waals surface area contributed by atoms with Crippen molar-refractivity contribution in [2.24, 2.45) is 0 Å². The number of aliphatic carboxylic acids is 1. The van der Waals surface area contributed by atoms with E-state index in [9.17, 15) is 27.9 Å². The van der Waals surface area contributed by atoms with Gasteiger partial charge in [-0.15, -0.1) is 0 Å². The van der Waals surface area contributed by atoms with Gasteiger partial charge in [0.15, 0.2) is 0 Å². The molecule has 0 aliphatic carbocycles. The van der Waals surface area contributed by atoms with Crippen molar-refractivity contribution in [3.8, 4) is 0 Å². The van der Waals surface area contributed by atoms with Crippen molar-refractivity contribution < 1.29 is 27.9 Å². The second-order valence-corrected chi connectivity index (χ2v) is 9.11. The van der Waals surface area contributed by atoms with Gasteiger partial charge in [-0.2, -0.15) is 0 Å². The number of carbonyl (C=O) groups excluding carboxylic acids is 2. The highest BCUT2D eigenvalue weighted by atomic mass is 32.2. The van der Waals surface area contributed by atoms with Gasteiger partial charge in [0.1, 0.15) is 6.04 Å². The highest BCUT2D eigenvalue weighted by Crippen LogP contribution is 2.34. The molecule has 4 rings (SSSR count). The topological polar surface area (TPSA) is 130 Å². The predicted octanol–water partition coefficient (Wildman–Crippen LogP) is 2.51. The summed E-state index contributed by atoms with van der Waals surface area (Å²) in [6.45, 7) is 0. The lowest BCUT2D eigenvalue weighted by atomic mass is 10.1. The molecule has 9 heteroatoms.